The zero-order valence-corrected chi connectivity index (χ0v) is 14.5. The Bertz CT molecular complexity index is 696. The normalized spacial score (nSPS) is 14.8. The number of non-ortho nitro benzene ring substituents is 1. The van der Waals surface area contributed by atoms with Gasteiger partial charge in [-0.1, -0.05) is 43.4 Å². The Labute approximate surface area is 143 Å². The van der Waals surface area contributed by atoms with Crippen LogP contribution in [0.1, 0.15) is 39.2 Å². The summed E-state index contributed by atoms with van der Waals surface area (Å²) >= 11 is 0. The zero-order chi connectivity index (χ0) is 17.9. The molecule has 0 saturated carbocycles. The van der Waals surface area contributed by atoms with Crippen molar-refractivity contribution in [2.24, 2.45) is 10.2 Å². The van der Waals surface area contributed by atoms with E-state index in [-0.39, 0.29) is 11.6 Å². The summed E-state index contributed by atoms with van der Waals surface area (Å²) in [5.74, 6) is 0.118. The van der Waals surface area contributed by atoms with E-state index >= 15 is 0 Å². The van der Waals surface area contributed by atoms with E-state index in [2.05, 4.69) is 10.2 Å². The average molecular weight is 325 g/mol. The molecule has 5 nitrogen and oxygen atoms in total. The topological polar surface area (TPSA) is 67.9 Å². The van der Waals surface area contributed by atoms with Crippen LogP contribution >= 0.6 is 0 Å². The maximum atomic E-state index is 10.7. The molecule has 1 rings (SSSR count). The van der Waals surface area contributed by atoms with Crippen LogP contribution in [0.15, 0.2) is 82.3 Å². The third kappa shape index (κ3) is 6.12. The molecular weight excluding hydrogens is 302 g/mol. The highest BCUT2D eigenvalue weighted by Gasteiger charge is 2.06. The van der Waals surface area contributed by atoms with Gasteiger partial charge in [-0.25, -0.2) is 0 Å². The fourth-order valence-corrected chi connectivity index (χ4v) is 1.91. The van der Waals surface area contributed by atoms with E-state index in [1.165, 1.54) is 12.1 Å². The molecule has 0 aromatic heterocycles. The van der Waals surface area contributed by atoms with E-state index in [4.69, 9.17) is 0 Å². The first kappa shape index (κ1) is 19.2. The highest BCUT2D eigenvalue weighted by atomic mass is 16.6. The molecule has 24 heavy (non-hydrogen) atoms. The Hall–Kier alpha value is -2.82. The van der Waals surface area contributed by atoms with E-state index < -0.39 is 4.92 Å². The van der Waals surface area contributed by atoms with Crippen molar-refractivity contribution in [3.63, 3.8) is 0 Å². The van der Waals surface area contributed by atoms with Crippen molar-refractivity contribution in [2.75, 3.05) is 0 Å². The first-order valence-electron chi connectivity index (χ1n) is 7.81. The van der Waals surface area contributed by atoms with Gasteiger partial charge in [0.25, 0.3) is 5.69 Å². The van der Waals surface area contributed by atoms with Crippen LogP contribution in [0.2, 0.25) is 0 Å². The third-order valence-electron chi connectivity index (χ3n) is 3.40. The molecule has 0 bridgehead atoms. The Morgan fingerprint density at radius 2 is 1.58 bits per heavy atom. The lowest BCUT2D eigenvalue weighted by Crippen LogP contribution is -1.92. The summed E-state index contributed by atoms with van der Waals surface area (Å²) in [6, 6.07) is 6.58. The number of benzene rings is 1. The summed E-state index contributed by atoms with van der Waals surface area (Å²) in [6.07, 6.45) is 11.5. The van der Waals surface area contributed by atoms with Crippen LogP contribution in [0.25, 0.3) is 0 Å². The minimum Gasteiger partial charge on any atom is -0.258 e. The van der Waals surface area contributed by atoms with Crippen molar-refractivity contribution in [3.05, 3.63) is 87.8 Å². The lowest BCUT2D eigenvalue weighted by molar-refractivity contribution is -0.384. The van der Waals surface area contributed by atoms with Crippen LogP contribution in [-0.4, -0.2) is 4.92 Å². The van der Waals surface area contributed by atoms with Gasteiger partial charge < -0.3 is 0 Å². The molecule has 1 aromatic rings. The van der Waals surface area contributed by atoms with Gasteiger partial charge in [-0.3, -0.25) is 10.1 Å². The molecule has 0 saturated heterocycles. The number of hydrogen-bond donors (Lipinski definition) is 0. The molecule has 0 N–H and O–H groups in total. The Morgan fingerprint density at radius 3 is 2.04 bits per heavy atom. The van der Waals surface area contributed by atoms with E-state index in [1.807, 2.05) is 64.2 Å². The van der Waals surface area contributed by atoms with Crippen LogP contribution in [0.3, 0.4) is 0 Å². The first-order valence-corrected chi connectivity index (χ1v) is 7.81. The molecule has 126 valence electrons. The first-order chi connectivity index (χ1) is 11.5. The van der Waals surface area contributed by atoms with Gasteiger partial charge in [0.1, 0.15) is 0 Å². The Kier molecular flexibility index (Phi) is 8.05. The van der Waals surface area contributed by atoms with Gasteiger partial charge in [0, 0.05) is 12.1 Å². The molecule has 0 aliphatic rings. The van der Waals surface area contributed by atoms with Crippen LogP contribution < -0.4 is 0 Å². The van der Waals surface area contributed by atoms with E-state index in [0.29, 0.717) is 0 Å². The number of azo groups is 1. The molecule has 1 unspecified atom stereocenters. The van der Waals surface area contributed by atoms with Gasteiger partial charge in [-0.05, 0) is 44.4 Å². The summed E-state index contributed by atoms with van der Waals surface area (Å²) in [7, 11) is 0. The molecule has 0 amide bonds. The fraction of sp³-hybridized carbons (Fsp3) is 0.263. The molecule has 1 aromatic carbocycles. The zero-order valence-electron chi connectivity index (χ0n) is 14.5. The molecule has 0 aliphatic carbocycles. The van der Waals surface area contributed by atoms with Crippen molar-refractivity contribution >= 4 is 5.69 Å². The maximum absolute atomic E-state index is 10.7. The van der Waals surface area contributed by atoms with Crippen molar-refractivity contribution in [3.8, 4) is 0 Å². The number of hydrogen-bond acceptors (Lipinski definition) is 4. The summed E-state index contributed by atoms with van der Waals surface area (Å²) < 4.78 is 0. The van der Waals surface area contributed by atoms with Crippen molar-refractivity contribution < 1.29 is 4.92 Å². The quantitative estimate of drug-likeness (QED) is 0.263. The third-order valence-corrected chi connectivity index (χ3v) is 3.40. The second-order valence-corrected chi connectivity index (χ2v) is 5.12. The van der Waals surface area contributed by atoms with Gasteiger partial charge in [-0.15, -0.1) is 0 Å². The van der Waals surface area contributed by atoms with Gasteiger partial charge >= 0.3 is 0 Å². The number of nitro benzene ring substituents is 1. The minimum absolute atomic E-state index is 0.0979. The van der Waals surface area contributed by atoms with E-state index in [1.54, 1.807) is 12.1 Å². The number of rotatable bonds is 7. The summed E-state index contributed by atoms with van der Waals surface area (Å²) in [5.41, 5.74) is 2.66. The number of allylic oxidation sites excluding steroid dienone is 6. The van der Waals surface area contributed by atoms with Crippen LogP contribution in [0.5, 0.6) is 0 Å². The number of nitrogens with zero attached hydrogens (tertiary/aromatic N) is 3. The minimum atomic E-state index is -0.397. The second-order valence-electron chi connectivity index (χ2n) is 5.12. The van der Waals surface area contributed by atoms with E-state index in [0.717, 1.165) is 17.0 Å². The summed E-state index contributed by atoms with van der Waals surface area (Å²) in [6.45, 7) is 7.77. The molecule has 5 heteroatoms. The van der Waals surface area contributed by atoms with Gasteiger partial charge in [0.2, 0.25) is 0 Å². The molecular formula is C19H23N3O2. The van der Waals surface area contributed by atoms with Gasteiger partial charge in [0.05, 0.1) is 16.3 Å². The molecule has 1 atom stereocenters. The SMILES string of the molecule is C\C=C/C(=C\C)/N=N\C(\C=C/C(C)c1ccc([N+](=O)[O-])cc1)=C\C. The van der Waals surface area contributed by atoms with Crippen molar-refractivity contribution in [1.82, 2.24) is 0 Å². The smallest absolute Gasteiger partial charge is 0.258 e. The fourth-order valence-electron chi connectivity index (χ4n) is 1.91. The molecule has 0 fully saturated rings. The van der Waals surface area contributed by atoms with Gasteiger partial charge in [0.15, 0.2) is 0 Å². The van der Waals surface area contributed by atoms with E-state index in [9.17, 15) is 10.1 Å². The Morgan fingerprint density at radius 1 is 1.04 bits per heavy atom. The molecule has 0 heterocycles. The highest BCUT2D eigenvalue weighted by molar-refractivity contribution is 5.36. The molecule has 0 spiro atoms. The molecule has 0 aliphatic heterocycles. The second kappa shape index (κ2) is 10.0. The van der Waals surface area contributed by atoms with Crippen LogP contribution in [0.4, 0.5) is 5.69 Å². The largest absolute Gasteiger partial charge is 0.269 e. The standard InChI is InChI=1S/C19H23N3O2/c1-5-8-17(6-2)20-21-18(7-3)12-9-15(4)16-10-13-19(14-11-16)22(23)24/h5-15H,1-4H3/b8-5-,12-9-,17-6+,18-7+,21-20-. The Balaban J connectivity index is 2.81. The van der Waals surface area contributed by atoms with Crippen LogP contribution in [-0.2, 0) is 0 Å². The van der Waals surface area contributed by atoms with Crippen molar-refractivity contribution in [1.29, 1.82) is 0 Å². The predicted octanol–water partition coefficient (Wildman–Crippen LogP) is 6.09. The lowest BCUT2D eigenvalue weighted by Gasteiger charge is -2.06. The summed E-state index contributed by atoms with van der Waals surface area (Å²) in [5, 5.41) is 19.1. The molecule has 0 radical (unpaired) electrons. The lowest BCUT2D eigenvalue weighted by atomic mass is 10.0. The number of nitro groups is 1. The average Bonchev–Trinajstić information content (AvgIpc) is 2.60. The highest BCUT2D eigenvalue weighted by Crippen LogP contribution is 2.21. The monoisotopic (exact) mass is 325 g/mol. The van der Waals surface area contributed by atoms with Gasteiger partial charge in [-0.2, -0.15) is 10.2 Å². The maximum Gasteiger partial charge on any atom is 0.269 e. The van der Waals surface area contributed by atoms with Crippen LogP contribution in [0, 0.1) is 10.1 Å². The summed E-state index contributed by atoms with van der Waals surface area (Å²) in [4.78, 5) is 10.3. The predicted molar refractivity (Wildman–Crippen MR) is 97.8 cm³/mol. The van der Waals surface area contributed by atoms with Crippen molar-refractivity contribution in [2.45, 2.75) is 33.6 Å².